The van der Waals surface area contributed by atoms with Gasteiger partial charge in [0.25, 0.3) is 0 Å². The third kappa shape index (κ3) is 3.68. The van der Waals surface area contributed by atoms with E-state index in [1.54, 1.807) is 24.3 Å². The maximum Gasteiger partial charge on any atom is 0.166 e. The van der Waals surface area contributed by atoms with Crippen LogP contribution in [0.4, 0.5) is 0 Å². The number of ketones is 1. The number of para-hydroxylation sites is 2. The molecular weight excluding hydrogens is 330 g/mol. The second kappa shape index (κ2) is 7.38. The molecule has 0 saturated carbocycles. The van der Waals surface area contributed by atoms with Crippen LogP contribution in [0.2, 0.25) is 0 Å². The Morgan fingerprint density at radius 2 is 1.73 bits per heavy atom. The van der Waals surface area contributed by atoms with Gasteiger partial charge in [-0.2, -0.15) is 0 Å². The number of aromatic hydroxyl groups is 1. The topological polar surface area (TPSA) is 59.0 Å². The van der Waals surface area contributed by atoms with Crippen LogP contribution in [0.5, 0.6) is 17.2 Å². The molecule has 0 bridgehead atoms. The highest BCUT2D eigenvalue weighted by molar-refractivity contribution is 5.98. The fourth-order valence-electron chi connectivity index (χ4n) is 3.68. The van der Waals surface area contributed by atoms with Gasteiger partial charge in [-0.1, -0.05) is 12.1 Å². The number of carbonyl (C=O) groups is 1. The Labute approximate surface area is 153 Å². The first-order chi connectivity index (χ1) is 12.7. The number of likely N-dealkylation sites (tertiary alicyclic amines) is 1. The van der Waals surface area contributed by atoms with Crippen molar-refractivity contribution in [3.05, 3.63) is 54.1 Å². The minimum Gasteiger partial charge on any atom is -0.508 e. The number of carbonyl (C=O) groups excluding carboxylic acids is 1. The van der Waals surface area contributed by atoms with E-state index in [1.807, 2.05) is 24.3 Å². The summed E-state index contributed by atoms with van der Waals surface area (Å²) in [4.78, 5) is 14.9. The molecule has 0 aromatic heterocycles. The van der Waals surface area contributed by atoms with Crippen LogP contribution in [-0.4, -0.2) is 48.1 Å². The van der Waals surface area contributed by atoms with Gasteiger partial charge in [0.2, 0.25) is 0 Å². The van der Waals surface area contributed by atoms with E-state index in [-0.39, 0.29) is 23.6 Å². The number of phenolic OH excluding ortho intramolecular Hbond substituents is 1. The molecule has 1 N–H and O–H groups in total. The zero-order chi connectivity index (χ0) is 17.9. The second-order valence-electron chi connectivity index (χ2n) is 6.98. The summed E-state index contributed by atoms with van der Waals surface area (Å²) in [5.41, 5.74) is 0.682. The molecule has 26 heavy (non-hydrogen) atoms. The molecule has 5 nitrogen and oxygen atoms in total. The molecule has 2 aliphatic heterocycles. The molecule has 2 heterocycles. The molecule has 2 aromatic carbocycles. The maximum absolute atomic E-state index is 12.6. The summed E-state index contributed by atoms with van der Waals surface area (Å²) in [5, 5.41) is 9.36. The van der Waals surface area contributed by atoms with Crippen LogP contribution in [0.3, 0.4) is 0 Å². The van der Waals surface area contributed by atoms with E-state index in [1.165, 1.54) is 0 Å². The quantitative estimate of drug-likeness (QED) is 0.856. The summed E-state index contributed by atoms with van der Waals surface area (Å²) in [5.74, 6) is 2.03. The molecule has 1 fully saturated rings. The van der Waals surface area contributed by atoms with Crippen LogP contribution in [0.1, 0.15) is 23.2 Å². The predicted molar refractivity (Wildman–Crippen MR) is 98.0 cm³/mol. The van der Waals surface area contributed by atoms with Crippen molar-refractivity contribution in [1.82, 2.24) is 4.90 Å². The summed E-state index contributed by atoms with van der Waals surface area (Å²) in [6, 6.07) is 14.3. The molecular formula is C21H23NO4. The Kier molecular flexibility index (Phi) is 4.80. The second-order valence-corrected chi connectivity index (χ2v) is 6.98. The minimum atomic E-state index is 0.0225. The number of nitrogens with zero attached hydrogens (tertiary/aromatic N) is 1. The van der Waals surface area contributed by atoms with Crippen LogP contribution < -0.4 is 9.47 Å². The molecule has 1 atom stereocenters. The van der Waals surface area contributed by atoms with Gasteiger partial charge in [-0.3, -0.25) is 9.69 Å². The Balaban J connectivity index is 1.29. The molecule has 4 rings (SSSR count). The molecule has 2 aromatic rings. The molecule has 136 valence electrons. The van der Waals surface area contributed by atoms with Gasteiger partial charge in [0, 0.05) is 18.0 Å². The smallest absolute Gasteiger partial charge is 0.166 e. The van der Waals surface area contributed by atoms with Crippen molar-refractivity contribution in [2.24, 2.45) is 5.92 Å². The van der Waals surface area contributed by atoms with Crippen molar-refractivity contribution in [2.75, 3.05) is 26.2 Å². The van der Waals surface area contributed by atoms with Crippen LogP contribution in [0.15, 0.2) is 48.5 Å². The lowest BCUT2D eigenvalue weighted by molar-refractivity contribution is 0.0462. The summed E-state index contributed by atoms with van der Waals surface area (Å²) in [7, 11) is 0. The predicted octanol–water partition coefficient (Wildman–Crippen LogP) is 3.13. The van der Waals surface area contributed by atoms with Gasteiger partial charge in [-0.15, -0.1) is 0 Å². The van der Waals surface area contributed by atoms with Gasteiger partial charge in [0.15, 0.2) is 17.3 Å². The van der Waals surface area contributed by atoms with Crippen molar-refractivity contribution in [2.45, 2.75) is 18.9 Å². The van der Waals surface area contributed by atoms with Crippen LogP contribution in [-0.2, 0) is 0 Å². The zero-order valence-corrected chi connectivity index (χ0v) is 14.6. The number of hydrogen-bond donors (Lipinski definition) is 1. The average Bonchev–Trinajstić information content (AvgIpc) is 2.68. The van der Waals surface area contributed by atoms with Gasteiger partial charge < -0.3 is 14.6 Å². The number of phenols is 1. The number of hydrogen-bond acceptors (Lipinski definition) is 5. The highest BCUT2D eigenvalue weighted by Crippen LogP contribution is 2.31. The van der Waals surface area contributed by atoms with Crippen LogP contribution >= 0.6 is 0 Å². The van der Waals surface area contributed by atoms with E-state index in [9.17, 15) is 9.90 Å². The molecule has 2 aliphatic rings. The lowest BCUT2D eigenvalue weighted by Gasteiger charge is -2.35. The maximum atomic E-state index is 12.6. The van der Waals surface area contributed by atoms with Gasteiger partial charge >= 0.3 is 0 Å². The number of fused-ring (bicyclic) bond motifs is 1. The highest BCUT2D eigenvalue weighted by Gasteiger charge is 2.29. The Morgan fingerprint density at radius 1 is 1.04 bits per heavy atom. The van der Waals surface area contributed by atoms with Crippen LogP contribution in [0, 0.1) is 5.92 Å². The zero-order valence-electron chi connectivity index (χ0n) is 14.6. The van der Waals surface area contributed by atoms with E-state index >= 15 is 0 Å². The summed E-state index contributed by atoms with van der Waals surface area (Å²) in [6.07, 6.45) is 1.72. The van der Waals surface area contributed by atoms with E-state index in [0.29, 0.717) is 12.2 Å². The Bertz CT molecular complexity index is 766. The first kappa shape index (κ1) is 16.9. The van der Waals surface area contributed by atoms with Crippen molar-refractivity contribution < 1.29 is 19.4 Å². The number of rotatable bonds is 4. The van der Waals surface area contributed by atoms with E-state index in [0.717, 1.165) is 44.0 Å². The third-order valence-electron chi connectivity index (χ3n) is 5.14. The largest absolute Gasteiger partial charge is 0.508 e. The molecule has 0 spiro atoms. The minimum absolute atomic E-state index is 0.0225. The van der Waals surface area contributed by atoms with Gasteiger partial charge in [-0.25, -0.2) is 0 Å². The first-order valence-corrected chi connectivity index (χ1v) is 9.13. The van der Waals surface area contributed by atoms with E-state index in [4.69, 9.17) is 9.47 Å². The first-order valence-electron chi connectivity index (χ1n) is 9.13. The Morgan fingerprint density at radius 3 is 2.46 bits per heavy atom. The molecule has 0 amide bonds. The van der Waals surface area contributed by atoms with Gasteiger partial charge in [0.1, 0.15) is 18.5 Å². The summed E-state index contributed by atoms with van der Waals surface area (Å²) in [6.45, 7) is 3.14. The fourth-order valence-corrected chi connectivity index (χ4v) is 3.68. The molecule has 1 saturated heterocycles. The van der Waals surface area contributed by atoms with Crippen molar-refractivity contribution >= 4 is 5.78 Å². The van der Waals surface area contributed by atoms with Gasteiger partial charge in [-0.05, 0) is 62.3 Å². The van der Waals surface area contributed by atoms with E-state index < -0.39 is 0 Å². The number of benzene rings is 2. The lowest BCUT2D eigenvalue weighted by atomic mass is 9.89. The van der Waals surface area contributed by atoms with E-state index in [2.05, 4.69) is 4.90 Å². The summed E-state index contributed by atoms with van der Waals surface area (Å²) < 4.78 is 11.8. The molecule has 5 heteroatoms. The molecule has 1 unspecified atom stereocenters. The van der Waals surface area contributed by atoms with Crippen molar-refractivity contribution in [3.8, 4) is 17.2 Å². The third-order valence-corrected chi connectivity index (χ3v) is 5.14. The van der Waals surface area contributed by atoms with Crippen molar-refractivity contribution in [3.63, 3.8) is 0 Å². The molecule has 0 radical (unpaired) electrons. The fraction of sp³-hybridized carbons (Fsp3) is 0.381. The number of ether oxygens (including phenoxy) is 2. The van der Waals surface area contributed by atoms with Gasteiger partial charge in [0.05, 0.1) is 0 Å². The highest BCUT2D eigenvalue weighted by atomic mass is 16.6. The number of Topliss-reactive ketones (excluding diaryl/α,β-unsaturated/α-hetero) is 1. The lowest BCUT2D eigenvalue weighted by Crippen LogP contribution is -2.45. The average molecular weight is 353 g/mol. The van der Waals surface area contributed by atoms with Crippen LogP contribution in [0.25, 0.3) is 0 Å². The normalized spacial score (nSPS) is 20.7. The number of piperidine rings is 1. The van der Waals surface area contributed by atoms with Crippen molar-refractivity contribution in [1.29, 1.82) is 0 Å². The molecule has 0 aliphatic carbocycles. The standard InChI is InChI=1S/C21H23NO4/c23-17-7-5-15(6-8-17)21(24)16-9-11-22(12-10-16)13-18-14-25-19-3-1-2-4-20(19)26-18/h1-8,16,18,23H,9-14H2. The monoisotopic (exact) mass is 353 g/mol. The Hall–Kier alpha value is -2.53. The summed E-state index contributed by atoms with van der Waals surface area (Å²) >= 11 is 0. The SMILES string of the molecule is O=C(c1ccc(O)cc1)C1CCN(CC2COc3ccccc3O2)CC1.